The predicted octanol–water partition coefficient (Wildman–Crippen LogP) is 2.39. The van der Waals surface area contributed by atoms with E-state index in [2.05, 4.69) is 18.9 Å². The topological polar surface area (TPSA) is 38.5 Å². The van der Waals surface area contributed by atoms with Gasteiger partial charge in [-0.15, -0.1) is 0 Å². The molecule has 0 amide bonds. The van der Waals surface area contributed by atoms with Crippen LogP contribution in [-0.4, -0.2) is 43.3 Å². The fraction of sp³-hybridized carbons (Fsp3) is 1.00. The molecule has 3 nitrogen and oxygen atoms in total. The molecule has 2 N–H and O–H groups in total. The zero-order valence-electron chi connectivity index (χ0n) is 12.2. The Morgan fingerprint density at radius 2 is 1.78 bits per heavy atom. The van der Waals surface area contributed by atoms with E-state index in [1.54, 1.807) is 0 Å². The highest BCUT2D eigenvalue weighted by molar-refractivity contribution is 4.91. The molecule has 1 saturated carbocycles. The van der Waals surface area contributed by atoms with Crippen molar-refractivity contribution in [1.82, 2.24) is 4.90 Å². The molecular weight excluding hydrogens is 224 g/mol. The SMILES string of the molecule is CCC1CCC(N(C)CC2(N)CCOCC2)CC1. The minimum atomic E-state index is -0.00535. The van der Waals surface area contributed by atoms with Crippen LogP contribution in [-0.2, 0) is 4.74 Å². The van der Waals surface area contributed by atoms with Gasteiger partial charge >= 0.3 is 0 Å². The molecule has 1 heterocycles. The molecule has 0 radical (unpaired) electrons. The molecule has 3 heteroatoms. The number of rotatable bonds is 4. The Balaban J connectivity index is 1.79. The molecule has 0 spiro atoms. The first-order valence-electron chi connectivity index (χ1n) is 7.70. The molecule has 106 valence electrons. The molecule has 1 saturated heterocycles. The number of likely N-dealkylation sites (N-methyl/N-ethyl adjacent to an activating group) is 1. The highest BCUT2D eigenvalue weighted by atomic mass is 16.5. The van der Waals surface area contributed by atoms with Crippen LogP contribution in [0.25, 0.3) is 0 Å². The van der Waals surface area contributed by atoms with E-state index in [0.717, 1.165) is 44.6 Å². The third-order valence-corrected chi connectivity index (χ3v) is 5.07. The Morgan fingerprint density at radius 1 is 1.17 bits per heavy atom. The first-order valence-corrected chi connectivity index (χ1v) is 7.70. The molecule has 1 aliphatic carbocycles. The van der Waals surface area contributed by atoms with E-state index in [-0.39, 0.29) is 5.54 Å². The molecule has 0 aromatic carbocycles. The zero-order chi connectivity index (χ0) is 13.0. The van der Waals surface area contributed by atoms with Crippen molar-refractivity contribution in [3.63, 3.8) is 0 Å². The lowest BCUT2D eigenvalue weighted by atomic mass is 9.83. The average molecular weight is 254 g/mol. The van der Waals surface area contributed by atoms with Gasteiger partial charge in [0.2, 0.25) is 0 Å². The lowest BCUT2D eigenvalue weighted by Crippen LogP contribution is -2.54. The Bertz CT molecular complexity index is 243. The summed E-state index contributed by atoms with van der Waals surface area (Å²) in [6, 6.07) is 0.760. The Morgan fingerprint density at radius 3 is 2.33 bits per heavy atom. The minimum absolute atomic E-state index is 0.00535. The van der Waals surface area contributed by atoms with E-state index in [0.29, 0.717) is 0 Å². The maximum absolute atomic E-state index is 6.50. The van der Waals surface area contributed by atoms with Crippen LogP contribution in [0.15, 0.2) is 0 Å². The maximum Gasteiger partial charge on any atom is 0.0484 e. The molecular formula is C15H30N2O. The van der Waals surface area contributed by atoms with Gasteiger partial charge in [-0.2, -0.15) is 0 Å². The lowest BCUT2D eigenvalue weighted by molar-refractivity contribution is 0.0308. The second-order valence-corrected chi connectivity index (χ2v) is 6.47. The van der Waals surface area contributed by atoms with Crippen molar-refractivity contribution in [2.24, 2.45) is 11.7 Å². The number of hydrogen-bond acceptors (Lipinski definition) is 3. The van der Waals surface area contributed by atoms with E-state index >= 15 is 0 Å². The molecule has 0 bridgehead atoms. The van der Waals surface area contributed by atoms with Crippen molar-refractivity contribution in [1.29, 1.82) is 0 Å². The van der Waals surface area contributed by atoms with Gasteiger partial charge in [0.15, 0.2) is 0 Å². The van der Waals surface area contributed by atoms with Crippen LogP contribution in [0.3, 0.4) is 0 Å². The van der Waals surface area contributed by atoms with Gasteiger partial charge in [-0.1, -0.05) is 13.3 Å². The van der Waals surface area contributed by atoms with Crippen LogP contribution in [0, 0.1) is 5.92 Å². The van der Waals surface area contributed by atoms with Gasteiger partial charge < -0.3 is 15.4 Å². The quantitative estimate of drug-likeness (QED) is 0.837. The predicted molar refractivity (Wildman–Crippen MR) is 75.6 cm³/mol. The number of ether oxygens (including phenoxy) is 1. The molecule has 0 unspecified atom stereocenters. The lowest BCUT2D eigenvalue weighted by Gasteiger charge is -2.41. The summed E-state index contributed by atoms with van der Waals surface area (Å²) in [5.41, 5.74) is 6.49. The summed E-state index contributed by atoms with van der Waals surface area (Å²) in [6.07, 6.45) is 8.93. The Labute approximate surface area is 112 Å². The van der Waals surface area contributed by atoms with Gasteiger partial charge in [-0.25, -0.2) is 0 Å². The van der Waals surface area contributed by atoms with E-state index < -0.39 is 0 Å². The zero-order valence-corrected chi connectivity index (χ0v) is 12.2. The second-order valence-electron chi connectivity index (χ2n) is 6.47. The summed E-state index contributed by atoms with van der Waals surface area (Å²) in [6.45, 7) is 5.04. The number of nitrogens with zero attached hydrogens (tertiary/aromatic N) is 1. The van der Waals surface area contributed by atoms with Crippen LogP contribution in [0.1, 0.15) is 51.9 Å². The van der Waals surface area contributed by atoms with Crippen molar-refractivity contribution in [3.8, 4) is 0 Å². The van der Waals surface area contributed by atoms with Crippen LogP contribution in [0.4, 0.5) is 0 Å². The molecule has 1 aliphatic heterocycles. The largest absolute Gasteiger partial charge is 0.381 e. The van der Waals surface area contributed by atoms with Crippen molar-refractivity contribution >= 4 is 0 Å². The first-order chi connectivity index (χ1) is 8.63. The molecule has 0 aromatic heterocycles. The van der Waals surface area contributed by atoms with Gasteiger partial charge in [-0.05, 0) is 51.5 Å². The van der Waals surface area contributed by atoms with Crippen LogP contribution in [0.2, 0.25) is 0 Å². The molecule has 2 rings (SSSR count). The second kappa shape index (κ2) is 6.36. The van der Waals surface area contributed by atoms with E-state index in [4.69, 9.17) is 10.5 Å². The van der Waals surface area contributed by atoms with Crippen LogP contribution < -0.4 is 5.73 Å². The molecule has 0 atom stereocenters. The van der Waals surface area contributed by atoms with Gasteiger partial charge in [0.1, 0.15) is 0 Å². The normalized spacial score (nSPS) is 32.7. The Kier molecular flexibility index (Phi) is 5.05. The highest BCUT2D eigenvalue weighted by Crippen LogP contribution is 2.30. The standard InChI is InChI=1S/C15H30N2O/c1-3-13-4-6-14(7-5-13)17(2)12-15(16)8-10-18-11-9-15/h13-14H,3-12,16H2,1-2H3. The highest BCUT2D eigenvalue weighted by Gasteiger charge is 2.32. The summed E-state index contributed by atoms with van der Waals surface area (Å²) in [4.78, 5) is 2.52. The van der Waals surface area contributed by atoms with Gasteiger partial charge in [0, 0.05) is 31.3 Å². The Hall–Kier alpha value is -0.120. The van der Waals surface area contributed by atoms with Crippen LogP contribution in [0.5, 0.6) is 0 Å². The average Bonchev–Trinajstić information content (AvgIpc) is 2.39. The summed E-state index contributed by atoms with van der Waals surface area (Å²) in [5.74, 6) is 0.976. The molecule has 2 aliphatic rings. The van der Waals surface area contributed by atoms with Crippen molar-refractivity contribution in [2.75, 3.05) is 26.8 Å². The van der Waals surface area contributed by atoms with E-state index in [9.17, 15) is 0 Å². The fourth-order valence-electron chi connectivity index (χ4n) is 3.56. The molecule has 0 aromatic rings. The van der Waals surface area contributed by atoms with Crippen molar-refractivity contribution in [3.05, 3.63) is 0 Å². The monoisotopic (exact) mass is 254 g/mol. The van der Waals surface area contributed by atoms with Crippen molar-refractivity contribution < 1.29 is 4.74 Å². The summed E-state index contributed by atoms with van der Waals surface area (Å²) in [5, 5.41) is 0. The maximum atomic E-state index is 6.50. The molecule has 2 fully saturated rings. The summed E-state index contributed by atoms with van der Waals surface area (Å²) < 4.78 is 5.42. The van der Waals surface area contributed by atoms with Gasteiger partial charge in [0.25, 0.3) is 0 Å². The number of nitrogens with two attached hydrogens (primary N) is 1. The smallest absolute Gasteiger partial charge is 0.0484 e. The third-order valence-electron chi connectivity index (χ3n) is 5.07. The molecule has 18 heavy (non-hydrogen) atoms. The summed E-state index contributed by atoms with van der Waals surface area (Å²) in [7, 11) is 2.26. The van der Waals surface area contributed by atoms with E-state index in [1.165, 1.54) is 32.1 Å². The fourth-order valence-corrected chi connectivity index (χ4v) is 3.56. The van der Waals surface area contributed by atoms with Crippen LogP contribution >= 0.6 is 0 Å². The van der Waals surface area contributed by atoms with Crippen molar-refractivity contribution in [2.45, 2.75) is 63.5 Å². The number of hydrogen-bond donors (Lipinski definition) is 1. The summed E-state index contributed by atoms with van der Waals surface area (Å²) >= 11 is 0. The first kappa shape index (κ1) is 14.3. The van der Waals surface area contributed by atoms with Gasteiger partial charge in [0.05, 0.1) is 0 Å². The third kappa shape index (κ3) is 3.69. The van der Waals surface area contributed by atoms with Gasteiger partial charge in [-0.3, -0.25) is 0 Å². The minimum Gasteiger partial charge on any atom is -0.381 e. The van der Waals surface area contributed by atoms with E-state index in [1.807, 2.05) is 0 Å².